The van der Waals surface area contributed by atoms with E-state index >= 15 is 0 Å². The average molecular weight is 551 g/mol. The first-order chi connectivity index (χ1) is 21.3. The van der Waals surface area contributed by atoms with Gasteiger partial charge in [-0.25, -0.2) is 0 Å². The minimum Gasteiger partial charge on any atom is -0.456 e. The smallest absolute Gasteiger partial charge is 0.137 e. The third-order valence-corrected chi connectivity index (χ3v) is 9.35. The van der Waals surface area contributed by atoms with Gasteiger partial charge in [0.15, 0.2) is 0 Å². The van der Waals surface area contributed by atoms with E-state index in [-0.39, 0.29) is 0 Å². The van der Waals surface area contributed by atoms with Crippen LogP contribution in [-0.4, -0.2) is 9.13 Å². The van der Waals surface area contributed by atoms with Crippen LogP contribution in [-0.2, 0) is 6.42 Å². The third-order valence-electron chi connectivity index (χ3n) is 9.35. The van der Waals surface area contributed by atoms with E-state index in [1.165, 1.54) is 60.4 Å². The Balaban J connectivity index is 1.44. The Morgan fingerprint density at radius 1 is 0.535 bits per heavy atom. The molecule has 43 heavy (non-hydrogen) atoms. The van der Waals surface area contributed by atoms with Gasteiger partial charge in [-0.1, -0.05) is 91.0 Å². The Bertz CT molecular complexity index is 2620. The first-order valence-corrected chi connectivity index (χ1v) is 15.0. The van der Waals surface area contributed by atoms with Crippen molar-refractivity contribution in [1.29, 1.82) is 0 Å². The highest BCUT2D eigenvalue weighted by Gasteiger charge is 2.23. The molecule has 0 saturated heterocycles. The summed E-state index contributed by atoms with van der Waals surface area (Å²) >= 11 is 0. The van der Waals surface area contributed by atoms with Crippen molar-refractivity contribution in [2.45, 2.75) is 12.8 Å². The molecule has 0 N–H and O–H groups in total. The quantitative estimate of drug-likeness (QED) is 0.210. The number of rotatable bonds is 2. The first kappa shape index (κ1) is 23.1. The second kappa shape index (κ2) is 8.50. The summed E-state index contributed by atoms with van der Waals surface area (Å²) in [5, 5.41) is 7.29. The molecule has 0 bridgehead atoms. The summed E-state index contributed by atoms with van der Waals surface area (Å²) in [6.07, 6.45) is 6.71. The van der Waals surface area contributed by atoms with Crippen LogP contribution < -0.4 is 0 Å². The molecule has 10 rings (SSSR count). The molecule has 0 atom stereocenters. The van der Waals surface area contributed by atoms with Gasteiger partial charge in [-0.3, -0.25) is 0 Å². The van der Waals surface area contributed by atoms with E-state index < -0.39 is 0 Å². The molecule has 0 fully saturated rings. The Hall–Kier alpha value is -5.54. The van der Waals surface area contributed by atoms with Crippen LogP contribution in [0.2, 0.25) is 0 Å². The Kier molecular flexibility index (Phi) is 4.56. The van der Waals surface area contributed by atoms with Crippen molar-refractivity contribution in [2.75, 3.05) is 0 Å². The molecule has 3 heteroatoms. The monoisotopic (exact) mass is 550 g/mol. The lowest BCUT2D eigenvalue weighted by Crippen LogP contribution is -2.01. The van der Waals surface area contributed by atoms with Crippen LogP contribution in [0, 0.1) is 0 Å². The Labute approximate surface area is 247 Å². The summed E-state index contributed by atoms with van der Waals surface area (Å²) in [4.78, 5) is 0. The fourth-order valence-electron chi connectivity index (χ4n) is 7.52. The number of nitrogens with zero attached hydrogens (tertiary/aromatic N) is 2. The molecule has 0 unspecified atom stereocenters. The summed E-state index contributed by atoms with van der Waals surface area (Å²) in [5.41, 5.74) is 11.7. The van der Waals surface area contributed by atoms with E-state index in [4.69, 9.17) is 4.42 Å². The van der Waals surface area contributed by atoms with Crippen molar-refractivity contribution in [3.63, 3.8) is 0 Å². The number of allylic oxidation sites excluding steroid dienone is 1. The number of benzene rings is 6. The molecule has 1 aliphatic carbocycles. The normalized spacial score (nSPS) is 13.3. The van der Waals surface area contributed by atoms with Gasteiger partial charge in [-0.2, -0.15) is 0 Å². The lowest BCUT2D eigenvalue weighted by atomic mass is 9.97. The Morgan fingerprint density at radius 3 is 2.02 bits per heavy atom. The van der Waals surface area contributed by atoms with E-state index in [0.29, 0.717) is 0 Å². The molecular formula is C40H26N2O. The van der Waals surface area contributed by atoms with Gasteiger partial charge in [0.05, 0.1) is 33.1 Å². The number of para-hydroxylation sites is 3. The van der Waals surface area contributed by atoms with Crippen molar-refractivity contribution in [2.24, 2.45) is 0 Å². The zero-order valence-electron chi connectivity index (χ0n) is 23.4. The molecule has 3 nitrogen and oxygen atoms in total. The largest absolute Gasteiger partial charge is 0.456 e. The molecule has 9 aromatic rings. The molecule has 0 spiro atoms. The molecule has 1 aliphatic rings. The maximum Gasteiger partial charge on any atom is 0.137 e. The molecule has 3 aromatic heterocycles. The molecule has 3 heterocycles. The summed E-state index contributed by atoms with van der Waals surface area (Å²) in [5.74, 6) is 0. The highest BCUT2D eigenvalue weighted by Crippen LogP contribution is 2.44. The van der Waals surface area contributed by atoms with Crippen LogP contribution in [0.4, 0.5) is 0 Å². The second-order valence-corrected chi connectivity index (χ2v) is 11.6. The van der Waals surface area contributed by atoms with Gasteiger partial charge in [-0.05, 0) is 66.4 Å². The zero-order chi connectivity index (χ0) is 28.1. The zero-order valence-corrected chi connectivity index (χ0v) is 23.4. The molecule has 202 valence electrons. The fourth-order valence-corrected chi connectivity index (χ4v) is 7.52. The number of aromatic nitrogens is 2. The van der Waals surface area contributed by atoms with Gasteiger partial charge in [-0.15, -0.1) is 0 Å². The van der Waals surface area contributed by atoms with Crippen LogP contribution in [0.15, 0.2) is 132 Å². The van der Waals surface area contributed by atoms with Crippen LogP contribution >= 0.6 is 0 Å². The van der Waals surface area contributed by atoms with Gasteiger partial charge in [0, 0.05) is 32.6 Å². The Morgan fingerprint density at radius 2 is 1.21 bits per heavy atom. The van der Waals surface area contributed by atoms with E-state index in [9.17, 15) is 0 Å². The number of hydrogen-bond acceptors (Lipinski definition) is 1. The van der Waals surface area contributed by atoms with Crippen LogP contribution in [0.1, 0.15) is 17.5 Å². The van der Waals surface area contributed by atoms with E-state index in [1.807, 2.05) is 6.07 Å². The minimum atomic E-state index is 0.903. The molecule has 6 aromatic carbocycles. The number of hydrogen-bond donors (Lipinski definition) is 0. The molecule has 0 aliphatic heterocycles. The van der Waals surface area contributed by atoms with Gasteiger partial charge in [0.2, 0.25) is 0 Å². The lowest BCUT2D eigenvalue weighted by Gasteiger charge is -2.16. The van der Waals surface area contributed by atoms with Crippen molar-refractivity contribution in [3.8, 4) is 11.4 Å². The van der Waals surface area contributed by atoms with Crippen molar-refractivity contribution >= 4 is 71.6 Å². The van der Waals surface area contributed by atoms with Crippen LogP contribution in [0.25, 0.3) is 83.0 Å². The maximum atomic E-state index is 6.37. The predicted molar refractivity (Wildman–Crippen MR) is 180 cm³/mol. The summed E-state index contributed by atoms with van der Waals surface area (Å²) in [6.45, 7) is 0. The number of fused-ring (bicyclic) bond motifs is 11. The van der Waals surface area contributed by atoms with Crippen molar-refractivity contribution in [1.82, 2.24) is 9.13 Å². The van der Waals surface area contributed by atoms with E-state index in [0.717, 1.165) is 40.5 Å². The van der Waals surface area contributed by atoms with E-state index in [2.05, 4.69) is 137 Å². The molecule has 0 radical (unpaired) electrons. The van der Waals surface area contributed by atoms with Gasteiger partial charge in [0.25, 0.3) is 0 Å². The van der Waals surface area contributed by atoms with Crippen LogP contribution in [0.3, 0.4) is 0 Å². The highest BCUT2D eigenvalue weighted by molar-refractivity contribution is 6.24. The first-order valence-electron chi connectivity index (χ1n) is 15.0. The standard InChI is InChI=1S/C40H26N2O/c1-2-11-26-24-27(21-20-25(26)10-1)41-33-15-6-3-12-28(33)30-22-23-31-29-13-4-7-16-34(29)42(40(31)39(30)41)35-17-9-19-37-38(35)32-14-5-8-18-36(32)43-37/h1,3-10,12-24H,2,11H2. The summed E-state index contributed by atoms with van der Waals surface area (Å²) < 4.78 is 11.3. The van der Waals surface area contributed by atoms with Gasteiger partial charge >= 0.3 is 0 Å². The van der Waals surface area contributed by atoms with Crippen molar-refractivity contribution in [3.05, 3.63) is 139 Å². The topological polar surface area (TPSA) is 23.0 Å². The second-order valence-electron chi connectivity index (χ2n) is 11.6. The SMILES string of the molecule is C1=Cc2ccc(-n3c4ccccc4c4ccc5c6ccccc6n(-c6cccc7oc8ccccc8c67)c5c43)cc2CC1. The number of aryl methyl sites for hydroxylation is 1. The highest BCUT2D eigenvalue weighted by atomic mass is 16.3. The minimum absolute atomic E-state index is 0.903. The third kappa shape index (κ3) is 3.09. The molecule has 0 saturated carbocycles. The van der Waals surface area contributed by atoms with Gasteiger partial charge in [0.1, 0.15) is 11.2 Å². The molecular weight excluding hydrogens is 524 g/mol. The molecule has 0 amide bonds. The van der Waals surface area contributed by atoms with Crippen molar-refractivity contribution < 1.29 is 4.42 Å². The maximum absolute atomic E-state index is 6.37. The van der Waals surface area contributed by atoms with Gasteiger partial charge < -0.3 is 13.6 Å². The van der Waals surface area contributed by atoms with E-state index in [1.54, 1.807) is 0 Å². The summed E-state index contributed by atoms with van der Waals surface area (Å²) in [7, 11) is 0. The summed E-state index contributed by atoms with van der Waals surface area (Å²) in [6, 6.07) is 44.1. The predicted octanol–water partition coefficient (Wildman–Crippen LogP) is 10.7. The lowest BCUT2D eigenvalue weighted by molar-refractivity contribution is 0.669. The fraction of sp³-hybridized carbons (Fsp3) is 0.0500. The number of furan rings is 1. The van der Waals surface area contributed by atoms with Crippen LogP contribution in [0.5, 0.6) is 0 Å². The average Bonchev–Trinajstić information content (AvgIpc) is 3.72.